The SMILES string of the molecule is COC(=O)c1ccc(C2CC(=O)Nc3c2cnn3-c2cc(C)ccc2C)cc1. The molecule has 1 atom stereocenters. The summed E-state index contributed by atoms with van der Waals surface area (Å²) in [5.41, 5.74) is 5.56. The lowest BCUT2D eigenvalue weighted by Crippen LogP contribution is -2.24. The summed E-state index contributed by atoms with van der Waals surface area (Å²) in [5, 5.41) is 7.55. The van der Waals surface area contributed by atoms with Crippen LogP contribution in [0.15, 0.2) is 48.7 Å². The molecule has 0 saturated carbocycles. The van der Waals surface area contributed by atoms with Crippen molar-refractivity contribution in [2.24, 2.45) is 0 Å². The third-order valence-electron chi connectivity index (χ3n) is 5.15. The molecular weight excluding hydrogens is 354 g/mol. The highest BCUT2D eigenvalue weighted by Gasteiger charge is 2.30. The Labute approximate surface area is 163 Å². The average molecular weight is 375 g/mol. The van der Waals surface area contributed by atoms with E-state index in [1.165, 1.54) is 7.11 Å². The molecule has 1 aliphatic rings. The third kappa shape index (κ3) is 3.07. The van der Waals surface area contributed by atoms with Gasteiger partial charge >= 0.3 is 5.97 Å². The van der Waals surface area contributed by atoms with E-state index < -0.39 is 0 Å². The van der Waals surface area contributed by atoms with Gasteiger partial charge in [0.25, 0.3) is 0 Å². The maximum absolute atomic E-state index is 12.4. The lowest BCUT2D eigenvalue weighted by molar-refractivity contribution is -0.116. The molecule has 142 valence electrons. The van der Waals surface area contributed by atoms with E-state index in [9.17, 15) is 9.59 Å². The fourth-order valence-corrected chi connectivity index (χ4v) is 3.62. The molecule has 0 bridgehead atoms. The number of amides is 1. The van der Waals surface area contributed by atoms with E-state index in [0.717, 1.165) is 27.9 Å². The molecule has 0 fully saturated rings. The predicted molar refractivity (Wildman–Crippen MR) is 106 cm³/mol. The summed E-state index contributed by atoms with van der Waals surface area (Å²) < 4.78 is 6.55. The summed E-state index contributed by atoms with van der Waals surface area (Å²) in [6, 6.07) is 13.4. The number of nitrogens with one attached hydrogen (secondary N) is 1. The Bertz CT molecular complexity index is 1070. The Balaban J connectivity index is 1.76. The second-order valence-corrected chi connectivity index (χ2v) is 7.07. The number of fused-ring (bicyclic) bond motifs is 1. The van der Waals surface area contributed by atoms with Crippen molar-refractivity contribution < 1.29 is 14.3 Å². The number of carbonyl (C=O) groups excluding carboxylic acids is 2. The van der Waals surface area contributed by atoms with Gasteiger partial charge in [-0.1, -0.05) is 24.3 Å². The molecule has 4 rings (SSSR count). The number of hydrogen-bond acceptors (Lipinski definition) is 4. The van der Waals surface area contributed by atoms with Crippen molar-refractivity contribution in [2.45, 2.75) is 26.2 Å². The number of carbonyl (C=O) groups is 2. The van der Waals surface area contributed by atoms with Crippen LogP contribution in [-0.4, -0.2) is 28.8 Å². The second-order valence-electron chi connectivity index (χ2n) is 7.07. The van der Waals surface area contributed by atoms with E-state index in [0.29, 0.717) is 17.8 Å². The predicted octanol–water partition coefficient (Wildman–Crippen LogP) is 3.75. The van der Waals surface area contributed by atoms with E-state index in [4.69, 9.17) is 4.74 Å². The zero-order chi connectivity index (χ0) is 19.8. The molecule has 0 aliphatic carbocycles. The smallest absolute Gasteiger partial charge is 0.337 e. The van der Waals surface area contributed by atoms with Gasteiger partial charge in [-0.15, -0.1) is 0 Å². The summed E-state index contributed by atoms with van der Waals surface area (Å²) in [7, 11) is 1.36. The van der Waals surface area contributed by atoms with E-state index in [1.54, 1.807) is 16.8 Å². The number of hydrogen-bond donors (Lipinski definition) is 1. The number of nitrogens with zero attached hydrogens (tertiary/aromatic N) is 2. The quantitative estimate of drug-likeness (QED) is 0.708. The van der Waals surface area contributed by atoms with Crippen LogP contribution in [0, 0.1) is 13.8 Å². The van der Waals surface area contributed by atoms with Gasteiger partial charge in [0.1, 0.15) is 5.82 Å². The van der Waals surface area contributed by atoms with Crippen LogP contribution >= 0.6 is 0 Å². The van der Waals surface area contributed by atoms with Gasteiger partial charge in [-0.2, -0.15) is 5.10 Å². The van der Waals surface area contributed by atoms with Gasteiger partial charge < -0.3 is 10.1 Å². The Morgan fingerprint density at radius 2 is 1.93 bits per heavy atom. The first-order chi connectivity index (χ1) is 13.5. The van der Waals surface area contributed by atoms with Crippen LogP contribution < -0.4 is 5.32 Å². The van der Waals surface area contributed by atoms with Crippen molar-refractivity contribution >= 4 is 17.7 Å². The molecule has 0 radical (unpaired) electrons. The molecule has 1 amide bonds. The lowest BCUT2D eigenvalue weighted by Gasteiger charge is -2.24. The van der Waals surface area contributed by atoms with Crippen LogP contribution in [-0.2, 0) is 9.53 Å². The lowest BCUT2D eigenvalue weighted by atomic mass is 9.87. The molecule has 1 unspecified atom stereocenters. The van der Waals surface area contributed by atoms with Crippen molar-refractivity contribution in [3.05, 3.63) is 76.5 Å². The third-order valence-corrected chi connectivity index (χ3v) is 5.15. The normalized spacial score (nSPS) is 15.7. The topological polar surface area (TPSA) is 73.2 Å². The van der Waals surface area contributed by atoms with Crippen molar-refractivity contribution in [3.63, 3.8) is 0 Å². The molecule has 2 aromatic carbocycles. The Hall–Kier alpha value is -3.41. The first-order valence-electron chi connectivity index (χ1n) is 9.11. The van der Waals surface area contributed by atoms with Crippen molar-refractivity contribution in [1.29, 1.82) is 0 Å². The van der Waals surface area contributed by atoms with Gasteiger partial charge in [-0.3, -0.25) is 4.79 Å². The minimum atomic E-state index is -0.378. The van der Waals surface area contributed by atoms with Gasteiger partial charge in [-0.25, -0.2) is 9.48 Å². The van der Waals surface area contributed by atoms with Gasteiger partial charge in [0.05, 0.1) is 24.6 Å². The fraction of sp³-hybridized carbons (Fsp3) is 0.227. The van der Waals surface area contributed by atoms with Crippen LogP contribution in [0.1, 0.15) is 45.0 Å². The van der Waals surface area contributed by atoms with E-state index in [1.807, 2.05) is 38.2 Å². The maximum Gasteiger partial charge on any atom is 0.337 e. The minimum Gasteiger partial charge on any atom is -0.465 e. The molecule has 28 heavy (non-hydrogen) atoms. The van der Waals surface area contributed by atoms with Crippen molar-refractivity contribution in [2.75, 3.05) is 12.4 Å². The molecule has 2 heterocycles. The van der Waals surface area contributed by atoms with Crippen LogP contribution in [0.3, 0.4) is 0 Å². The molecular formula is C22H21N3O3. The average Bonchev–Trinajstić information content (AvgIpc) is 3.12. The highest BCUT2D eigenvalue weighted by atomic mass is 16.5. The standard InChI is InChI=1S/C22H21N3O3/c1-13-4-5-14(2)19(10-13)25-21-18(12-23-25)17(11-20(26)24-21)15-6-8-16(9-7-15)22(27)28-3/h4-10,12,17H,11H2,1-3H3,(H,24,26). The Morgan fingerprint density at radius 3 is 2.64 bits per heavy atom. The highest BCUT2D eigenvalue weighted by Crippen LogP contribution is 2.38. The molecule has 1 N–H and O–H groups in total. The largest absolute Gasteiger partial charge is 0.465 e. The summed E-state index contributed by atoms with van der Waals surface area (Å²) in [6.07, 6.45) is 2.15. The highest BCUT2D eigenvalue weighted by molar-refractivity contribution is 5.95. The molecule has 1 aromatic heterocycles. The number of ether oxygens (including phenoxy) is 1. The maximum atomic E-state index is 12.4. The van der Waals surface area contributed by atoms with Crippen LogP contribution in [0.2, 0.25) is 0 Å². The first kappa shape index (κ1) is 18.0. The molecule has 0 saturated heterocycles. The first-order valence-corrected chi connectivity index (χ1v) is 9.11. The minimum absolute atomic E-state index is 0.0541. The molecule has 1 aliphatic heterocycles. The number of methoxy groups -OCH3 is 1. The molecule has 3 aromatic rings. The summed E-state index contributed by atoms with van der Waals surface area (Å²) >= 11 is 0. The zero-order valence-corrected chi connectivity index (χ0v) is 16.0. The zero-order valence-electron chi connectivity index (χ0n) is 16.0. The van der Waals surface area contributed by atoms with Gasteiger partial charge in [-0.05, 0) is 48.7 Å². The van der Waals surface area contributed by atoms with Crippen molar-refractivity contribution in [3.8, 4) is 5.69 Å². The Kier molecular flexibility index (Phi) is 4.47. The van der Waals surface area contributed by atoms with E-state index >= 15 is 0 Å². The number of esters is 1. The van der Waals surface area contributed by atoms with Crippen molar-refractivity contribution in [1.82, 2.24) is 9.78 Å². The molecule has 0 spiro atoms. The number of benzene rings is 2. The van der Waals surface area contributed by atoms with E-state index in [2.05, 4.69) is 22.5 Å². The Morgan fingerprint density at radius 1 is 1.18 bits per heavy atom. The number of aromatic nitrogens is 2. The van der Waals surface area contributed by atoms with Crippen LogP contribution in [0.5, 0.6) is 0 Å². The molecule has 6 nitrogen and oxygen atoms in total. The molecule has 6 heteroatoms. The summed E-state index contributed by atoms with van der Waals surface area (Å²) in [4.78, 5) is 24.1. The second kappa shape index (κ2) is 6.96. The number of anilines is 1. The fourth-order valence-electron chi connectivity index (χ4n) is 3.62. The van der Waals surface area contributed by atoms with Crippen LogP contribution in [0.25, 0.3) is 5.69 Å². The number of aryl methyl sites for hydroxylation is 2. The van der Waals surface area contributed by atoms with Gasteiger partial charge in [0.15, 0.2) is 0 Å². The van der Waals surface area contributed by atoms with Gasteiger partial charge in [0, 0.05) is 17.9 Å². The monoisotopic (exact) mass is 375 g/mol. The van der Waals surface area contributed by atoms with Crippen LogP contribution in [0.4, 0.5) is 5.82 Å². The summed E-state index contributed by atoms with van der Waals surface area (Å²) in [6.45, 7) is 4.06. The summed E-state index contributed by atoms with van der Waals surface area (Å²) in [5.74, 6) is 0.152. The number of rotatable bonds is 3. The van der Waals surface area contributed by atoms with Gasteiger partial charge in [0.2, 0.25) is 5.91 Å². The van der Waals surface area contributed by atoms with E-state index in [-0.39, 0.29) is 17.8 Å².